The van der Waals surface area contributed by atoms with Crippen molar-refractivity contribution in [2.45, 2.75) is 6.18 Å². The highest BCUT2D eigenvalue weighted by molar-refractivity contribution is 9.09. The number of nitrogens with one attached hydrogen (secondary N) is 1. The molecule has 0 aliphatic heterocycles. The van der Waals surface area contributed by atoms with Crippen LogP contribution >= 0.6 is 27.3 Å². The molecular formula is C12H7BrF4N2OS. The van der Waals surface area contributed by atoms with Gasteiger partial charge in [0.1, 0.15) is 5.82 Å². The van der Waals surface area contributed by atoms with Gasteiger partial charge in [-0.15, -0.1) is 11.3 Å². The van der Waals surface area contributed by atoms with Crippen molar-refractivity contribution in [2.24, 2.45) is 0 Å². The monoisotopic (exact) mass is 382 g/mol. The fourth-order valence-corrected chi connectivity index (χ4v) is 2.40. The molecule has 0 saturated heterocycles. The zero-order chi connectivity index (χ0) is 15.6. The van der Waals surface area contributed by atoms with Crippen molar-refractivity contribution >= 4 is 38.3 Å². The number of benzene rings is 1. The van der Waals surface area contributed by atoms with Gasteiger partial charge in [-0.25, -0.2) is 9.37 Å². The standard InChI is InChI=1S/C12H7BrF4N2OS/c13-4-10(20)19-11-18-9(5-21-11)6-1-2-7(8(14)3-6)12(15,16)17/h1-3,5H,4H2,(H,18,19,20). The summed E-state index contributed by atoms with van der Waals surface area (Å²) in [5, 5.41) is 4.38. The van der Waals surface area contributed by atoms with Crippen LogP contribution in [0.25, 0.3) is 11.3 Å². The van der Waals surface area contributed by atoms with E-state index < -0.39 is 17.6 Å². The van der Waals surface area contributed by atoms with Gasteiger partial charge in [-0.2, -0.15) is 13.2 Å². The number of hydrogen-bond acceptors (Lipinski definition) is 3. The predicted octanol–water partition coefficient (Wildman–Crippen LogP) is 4.30. The van der Waals surface area contributed by atoms with Gasteiger partial charge in [0, 0.05) is 10.9 Å². The molecule has 2 rings (SSSR count). The average molecular weight is 383 g/mol. The smallest absolute Gasteiger partial charge is 0.301 e. The van der Waals surface area contributed by atoms with Crippen molar-refractivity contribution in [3.8, 4) is 11.3 Å². The maximum absolute atomic E-state index is 13.5. The highest BCUT2D eigenvalue weighted by atomic mass is 79.9. The molecule has 1 heterocycles. The van der Waals surface area contributed by atoms with E-state index in [0.717, 1.165) is 23.5 Å². The van der Waals surface area contributed by atoms with Crippen LogP contribution in [0.3, 0.4) is 0 Å². The van der Waals surface area contributed by atoms with Crippen molar-refractivity contribution < 1.29 is 22.4 Å². The molecule has 0 aliphatic carbocycles. The number of aromatic nitrogens is 1. The Kier molecular flexibility index (Phi) is 4.62. The summed E-state index contributed by atoms with van der Waals surface area (Å²) in [5.74, 6) is -1.67. The van der Waals surface area contributed by atoms with E-state index in [1.807, 2.05) is 0 Å². The molecule has 0 unspecified atom stereocenters. The SMILES string of the molecule is O=C(CBr)Nc1nc(-c2ccc(C(F)(F)F)c(F)c2)cs1. The van der Waals surface area contributed by atoms with Gasteiger partial charge in [0.15, 0.2) is 5.13 Å². The highest BCUT2D eigenvalue weighted by Gasteiger charge is 2.34. The summed E-state index contributed by atoms with van der Waals surface area (Å²) in [6.45, 7) is 0. The summed E-state index contributed by atoms with van der Waals surface area (Å²) in [5.41, 5.74) is -0.831. The molecule has 0 bridgehead atoms. The van der Waals surface area contributed by atoms with Gasteiger partial charge >= 0.3 is 6.18 Å². The van der Waals surface area contributed by atoms with E-state index in [1.165, 1.54) is 5.38 Å². The number of nitrogens with zero attached hydrogens (tertiary/aromatic N) is 1. The molecule has 2 aromatic rings. The Morgan fingerprint density at radius 1 is 1.38 bits per heavy atom. The number of carbonyl (C=O) groups excluding carboxylic acids is 1. The maximum atomic E-state index is 13.5. The Balaban J connectivity index is 2.27. The van der Waals surface area contributed by atoms with Crippen LogP contribution < -0.4 is 5.32 Å². The summed E-state index contributed by atoms with van der Waals surface area (Å²) in [7, 11) is 0. The minimum atomic E-state index is -4.74. The fourth-order valence-electron chi connectivity index (χ4n) is 1.52. The predicted molar refractivity (Wildman–Crippen MR) is 74.9 cm³/mol. The number of carbonyl (C=O) groups is 1. The molecule has 3 nitrogen and oxygen atoms in total. The summed E-state index contributed by atoms with van der Waals surface area (Å²) >= 11 is 4.06. The zero-order valence-electron chi connectivity index (χ0n) is 10.2. The van der Waals surface area contributed by atoms with Crippen molar-refractivity contribution in [3.05, 3.63) is 35.0 Å². The number of thiazole rings is 1. The third kappa shape index (κ3) is 3.79. The lowest BCUT2D eigenvalue weighted by molar-refractivity contribution is -0.140. The average Bonchev–Trinajstić information content (AvgIpc) is 2.85. The third-order valence-electron chi connectivity index (χ3n) is 2.44. The van der Waals surface area contributed by atoms with Gasteiger partial charge in [0.2, 0.25) is 5.91 Å². The lowest BCUT2D eigenvalue weighted by Crippen LogP contribution is -2.11. The van der Waals surface area contributed by atoms with Gasteiger partial charge in [-0.1, -0.05) is 22.0 Å². The molecule has 0 fully saturated rings. The lowest BCUT2D eigenvalue weighted by Gasteiger charge is -2.08. The molecule has 9 heteroatoms. The van der Waals surface area contributed by atoms with Crippen LogP contribution in [0.15, 0.2) is 23.6 Å². The first-order chi connectivity index (χ1) is 9.81. The molecule has 0 spiro atoms. The second-order valence-electron chi connectivity index (χ2n) is 3.91. The molecule has 1 aromatic carbocycles. The fraction of sp³-hybridized carbons (Fsp3) is 0.167. The Bertz CT molecular complexity index is 672. The van der Waals surface area contributed by atoms with Crippen LogP contribution in [-0.2, 0) is 11.0 Å². The summed E-state index contributed by atoms with van der Waals surface area (Å²) in [6, 6.07) is 2.58. The largest absolute Gasteiger partial charge is 0.419 e. The number of hydrogen-bond donors (Lipinski definition) is 1. The Morgan fingerprint density at radius 3 is 2.67 bits per heavy atom. The van der Waals surface area contributed by atoms with E-state index in [4.69, 9.17) is 0 Å². The quantitative estimate of drug-likeness (QED) is 0.635. The van der Waals surface area contributed by atoms with Crippen LogP contribution in [-0.4, -0.2) is 16.2 Å². The van der Waals surface area contributed by atoms with E-state index in [1.54, 1.807) is 0 Å². The van der Waals surface area contributed by atoms with Crippen molar-refractivity contribution in [1.82, 2.24) is 4.98 Å². The minimum absolute atomic E-state index is 0.0941. The van der Waals surface area contributed by atoms with Crippen molar-refractivity contribution in [2.75, 3.05) is 10.6 Å². The maximum Gasteiger partial charge on any atom is 0.419 e. The first-order valence-corrected chi connectivity index (χ1v) is 7.50. The number of anilines is 1. The van der Waals surface area contributed by atoms with Gasteiger partial charge < -0.3 is 5.32 Å². The Labute approximate surface area is 129 Å². The molecule has 1 amide bonds. The molecule has 0 saturated carbocycles. The van der Waals surface area contributed by atoms with Crippen LogP contribution in [0.2, 0.25) is 0 Å². The number of amides is 1. The van der Waals surface area contributed by atoms with E-state index >= 15 is 0 Å². The minimum Gasteiger partial charge on any atom is -0.301 e. The van der Waals surface area contributed by atoms with Gasteiger partial charge in [0.05, 0.1) is 16.6 Å². The van der Waals surface area contributed by atoms with Crippen LogP contribution in [0.1, 0.15) is 5.56 Å². The van der Waals surface area contributed by atoms with Gasteiger partial charge in [-0.3, -0.25) is 4.79 Å². The highest BCUT2D eigenvalue weighted by Crippen LogP contribution is 2.34. The molecule has 1 aromatic heterocycles. The van der Waals surface area contributed by atoms with E-state index in [-0.39, 0.29) is 27.6 Å². The summed E-state index contributed by atoms with van der Waals surface area (Å²) in [6.07, 6.45) is -4.74. The van der Waals surface area contributed by atoms with Crippen LogP contribution in [0.4, 0.5) is 22.7 Å². The second-order valence-corrected chi connectivity index (χ2v) is 5.33. The zero-order valence-corrected chi connectivity index (χ0v) is 12.6. The second kappa shape index (κ2) is 6.10. The van der Waals surface area contributed by atoms with Crippen LogP contribution in [0.5, 0.6) is 0 Å². The Morgan fingerprint density at radius 2 is 2.10 bits per heavy atom. The molecule has 1 N–H and O–H groups in total. The van der Waals surface area contributed by atoms with Gasteiger partial charge in [-0.05, 0) is 12.1 Å². The third-order valence-corrected chi connectivity index (χ3v) is 3.71. The molecular weight excluding hydrogens is 376 g/mol. The Hall–Kier alpha value is -1.48. The van der Waals surface area contributed by atoms with Gasteiger partial charge in [0.25, 0.3) is 0 Å². The molecule has 0 radical (unpaired) electrons. The van der Waals surface area contributed by atoms with Crippen molar-refractivity contribution in [3.63, 3.8) is 0 Å². The number of rotatable bonds is 3. The summed E-state index contributed by atoms with van der Waals surface area (Å²) in [4.78, 5) is 15.2. The number of alkyl halides is 4. The van der Waals surface area contributed by atoms with E-state index in [0.29, 0.717) is 6.07 Å². The lowest BCUT2D eigenvalue weighted by atomic mass is 10.1. The van der Waals surface area contributed by atoms with E-state index in [2.05, 4.69) is 26.2 Å². The number of halogens is 5. The molecule has 21 heavy (non-hydrogen) atoms. The molecule has 112 valence electrons. The first-order valence-electron chi connectivity index (χ1n) is 5.49. The van der Waals surface area contributed by atoms with Crippen LogP contribution in [0, 0.1) is 5.82 Å². The first kappa shape index (κ1) is 15.9. The summed E-state index contributed by atoms with van der Waals surface area (Å²) < 4.78 is 50.9. The van der Waals surface area contributed by atoms with E-state index in [9.17, 15) is 22.4 Å². The normalized spacial score (nSPS) is 11.5. The topological polar surface area (TPSA) is 42.0 Å². The molecule has 0 aliphatic rings. The van der Waals surface area contributed by atoms with Crippen molar-refractivity contribution in [1.29, 1.82) is 0 Å². The molecule has 0 atom stereocenters.